The van der Waals surface area contributed by atoms with Crippen molar-refractivity contribution >= 4 is 39.4 Å². The number of thiazole rings is 1. The Morgan fingerprint density at radius 3 is 2.96 bits per heavy atom. The molecule has 0 spiro atoms. The largest absolute Gasteiger partial charge is 0.332 e. The van der Waals surface area contributed by atoms with Crippen molar-refractivity contribution in [2.24, 2.45) is 0 Å². The van der Waals surface area contributed by atoms with E-state index >= 15 is 0 Å². The van der Waals surface area contributed by atoms with Gasteiger partial charge in [0, 0.05) is 37.7 Å². The molecule has 0 atom stereocenters. The fourth-order valence-corrected chi connectivity index (χ4v) is 4.19. The number of alkyl halides is 2. The first-order valence-electron chi connectivity index (χ1n) is 7.46. The van der Waals surface area contributed by atoms with Crippen LogP contribution >= 0.6 is 23.1 Å². The first kappa shape index (κ1) is 17.8. The molecule has 0 bridgehead atoms. The highest BCUT2D eigenvalue weighted by Crippen LogP contribution is 2.33. The second kappa shape index (κ2) is 7.48. The van der Waals surface area contributed by atoms with Crippen LogP contribution in [0.3, 0.4) is 0 Å². The number of halogens is 2. The van der Waals surface area contributed by atoms with Gasteiger partial charge in [0.05, 0.1) is 10.6 Å². The van der Waals surface area contributed by atoms with Crippen molar-refractivity contribution in [3.8, 4) is 10.7 Å². The summed E-state index contributed by atoms with van der Waals surface area (Å²) in [5.41, 5.74) is 0.513. The van der Waals surface area contributed by atoms with E-state index in [-0.39, 0.29) is 23.4 Å². The second-order valence-electron chi connectivity index (χ2n) is 5.27. The Labute approximate surface area is 150 Å². The smallest absolute Gasteiger partial charge is 0.320 e. The summed E-state index contributed by atoms with van der Waals surface area (Å²) in [6, 6.07) is 0. The minimum atomic E-state index is -2.70. The van der Waals surface area contributed by atoms with Crippen molar-refractivity contribution in [3.63, 3.8) is 0 Å². The van der Waals surface area contributed by atoms with Crippen LogP contribution in [0.4, 0.5) is 18.7 Å². The van der Waals surface area contributed by atoms with E-state index in [9.17, 15) is 18.4 Å². The second-order valence-corrected chi connectivity index (χ2v) is 7.31. The Kier molecular flexibility index (Phi) is 5.33. The molecule has 2 aromatic heterocycles. The van der Waals surface area contributed by atoms with E-state index in [0.717, 1.165) is 21.7 Å². The van der Waals surface area contributed by atoms with Gasteiger partial charge in [0.1, 0.15) is 0 Å². The number of aromatic nitrogens is 3. The van der Waals surface area contributed by atoms with Crippen LogP contribution in [0.2, 0.25) is 0 Å². The minimum absolute atomic E-state index is 0.0148. The predicted octanol–water partition coefficient (Wildman–Crippen LogP) is 3.21. The number of aryl methyl sites for hydroxylation is 1. The third-order valence-corrected chi connectivity index (χ3v) is 5.54. The number of nitrogens with zero attached hydrogens (tertiary/aromatic N) is 4. The predicted molar refractivity (Wildman–Crippen MR) is 92.0 cm³/mol. The van der Waals surface area contributed by atoms with Crippen LogP contribution in [-0.4, -0.2) is 49.4 Å². The molecule has 0 aliphatic carbocycles. The Hall–Kier alpha value is -2.01. The highest BCUT2D eigenvalue weighted by molar-refractivity contribution is 8.13. The van der Waals surface area contributed by atoms with Crippen LogP contribution in [0, 0.1) is 6.92 Å². The maximum absolute atomic E-state index is 13.0. The van der Waals surface area contributed by atoms with Crippen molar-refractivity contribution in [1.29, 1.82) is 0 Å². The number of imidazole rings is 1. The van der Waals surface area contributed by atoms with Gasteiger partial charge in [0.2, 0.25) is 5.91 Å². The van der Waals surface area contributed by atoms with Crippen LogP contribution in [-0.2, 0) is 4.79 Å². The molecule has 3 rings (SSSR count). The summed E-state index contributed by atoms with van der Waals surface area (Å²) >= 11 is 2.33. The number of anilines is 1. The van der Waals surface area contributed by atoms with E-state index in [1.165, 1.54) is 24.2 Å². The monoisotopic (exact) mass is 387 g/mol. The lowest BCUT2D eigenvalue weighted by molar-refractivity contribution is -0.116. The highest BCUT2D eigenvalue weighted by atomic mass is 32.2. The van der Waals surface area contributed by atoms with Crippen molar-refractivity contribution in [2.75, 3.05) is 24.2 Å². The number of carbonyl (C=O) groups excluding carboxylic acids is 2. The van der Waals surface area contributed by atoms with Crippen LogP contribution in [0.15, 0.2) is 12.4 Å². The Balaban J connectivity index is 1.65. The van der Waals surface area contributed by atoms with Gasteiger partial charge in [0.25, 0.3) is 5.24 Å². The zero-order valence-corrected chi connectivity index (χ0v) is 14.9. The summed E-state index contributed by atoms with van der Waals surface area (Å²) in [7, 11) is 0. The number of nitrogens with one attached hydrogen (secondary N) is 1. The zero-order chi connectivity index (χ0) is 18.0. The standard InChI is InChI=1S/C14H15F2N5O2S2/c1-8-10(11-17-3-5-21(11)12(15)16)25-13(18-8)19-9(22)2-4-20-6-7-24-14(20)23/h3,5,12H,2,4,6-7H2,1H3,(H,18,19,22). The molecule has 7 nitrogen and oxygen atoms in total. The molecule has 134 valence electrons. The quantitative estimate of drug-likeness (QED) is 0.823. The van der Waals surface area contributed by atoms with Gasteiger partial charge in [-0.15, -0.1) is 0 Å². The molecule has 0 unspecified atom stereocenters. The third kappa shape index (κ3) is 3.98. The molecular formula is C14H15F2N5O2S2. The minimum Gasteiger partial charge on any atom is -0.332 e. The fourth-order valence-electron chi connectivity index (χ4n) is 2.35. The number of thioether (sulfide) groups is 1. The first-order chi connectivity index (χ1) is 12.0. The molecule has 0 radical (unpaired) electrons. The van der Waals surface area contributed by atoms with Gasteiger partial charge in [-0.2, -0.15) is 8.78 Å². The van der Waals surface area contributed by atoms with E-state index in [1.807, 2.05) is 0 Å². The van der Waals surface area contributed by atoms with Gasteiger partial charge in [-0.1, -0.05) is 23.1 Å². The maximum atomic E-state index is 13.0. The van der Waals surface area contributed by atoms with Crippen LogP contribution in [0.1, 0.15) is 18.7 Å². The zero-order valence-electron chi connectivity index (χ0n) is 13.2. The van der Waals surface area contributed by atoms with Crippen molar-refractivity contribution in [3.05, 3.63) is 18.1 Å². The number of rotatable bonds is 6. The lowest BCUT2D eigenvalue weighted by Gasteiger charge is -2.13. The summed E-state index contributed by atoms with van der Waals surface area (Å²) in [4.78, 5) is 33.8. The number of carbonyl (C=O) groups is 2. The van der Waals surface area contributed by atoms with E-state index in [4.69, 9.17) is 0 Å². The normalized spacial score (nSPS) is 14.6. The maximum Gasteiger partial charge on any atom is 0.320 e. The van der Waals surface area contributed by atoms with E-state index < -0.39 is 6.55 Å². The molecule has 2 amide bonds. The van der Waals surface area contributed by atoms with Crippen LogP contribution < -0.4 is 5.32 Å². The van der Waals surface area contributed by atoms with E-state index in [2.05, 4.69) is 15.3 Å². The lowest BCUT2D eigenvalue weighted by Crippen LogP contribution is -2.27. The summed E-state index contributed by atoms with van der Waals surface area (Å²) in [5, 5.41) is 2.96. The molecule has 0 aromatic carbocycles. The molecular weight excluding hydrogens is 372 g/mol. The molecule has 2 aromatic rings. The molecule has 25 heavy (non-hydrogen) atoms. The van der Waals surface area contributed by atoms with Gasteiger partial charge in [-0.05, 0) is 6.92 Å². The number of hydrogen-bond donors (Lipinski definition) is 1. The van der Waals surface area contributed by atoms with Crippen LogP contribution in [0.5, 0.6) is 0 Å². The highest BCUT2D eigenvalue weighted by Gasteiger charge is 2.22. The van der Waals surface area contributed by atoms with Gasteiger partial charge in [-0.3, -0.25) is 14.2 Å². The molecule has 1 aliphatic heterocycles. The average Bonchev–Trinajstić information content (AvgIpc) is 3.25. The average molecular weight is 387 g/mol. The number of amides is 2. The Morgan fingerprint density at radius 1 is 1.48 bits per heavy atom. The molecule has 1 fully saturated rings. The molecule has 11 heteroatoms. The summed E-state index contributed by atoms with van der Waals surface area (Å²) in [5.74, 6) is 0.583. The number of hydrogen-bond acceptors (Lipinski definition) is 6. The van der Waals surface area contributed by atoms with Crippen molar-refractivity contribution in [2.45, 2.75) is 19.9 Å². The molecule has 1 aliphatic rings. The SMILES string of the molecule is Cc1nc(NC(=O)CCN2CCSC2=O)sc1-c1nccn1C(F)F. The summed E-state index contributed by atoms with van der Waals surface area (Å²) in [6.07, 6.45) is 2.65. The molecule has 1 N–H and O–H groups in total. The summed E-state index contributed by atoms with van der Waals surface area (Å²) < 4.78 is 26.7. The van der Waals surface area contributed by atoms with Gasteiger partial charge in [0.15, 0.2) is 11.0 Å². The molecule has 1 saturated heterocycles. The van der Waals surface area contributed by atoms with E-state index in [0.29, 0.717) is 28.8 Å². The Morgan fingerprint density at radius 2 is 2.28 bits per heavy atom. The fraction of sp³-hybridized carbons (Fsp3) is 0.429. The van der Waals surface area contributed by atoms with Crippen LogP contribution in [0.25, 0.3) is 10.7 Å². The van der Waals surface area contributed by atoms with Gasteiger partial charge >= 0.3 is 6.55 Å². The molecule has 0 saturated carbocycles. The third-order valence-electron chi connectivity index (χ3n) is 3.58. The summed E-state index contributed by atoms with van der Waals surface area (Å²) in [6.45, 7) is -0.0300. The van der Waals surface area contributed by atoms with Crippen molar-refractivity contribution in [1.82, 2.24) is 19.4 Å². The van der Waals surface area contributed by atoms with Crippen molar-refractivity contribution < 1.29 is 18.4 Å². The van der Waals surface area contributed by atoms with E-state index in [1.54, 1.807) is 11.8 Å². The van der Waals surface area contributed by atoms with Gasteiger partial charge < -0.3 is 10.2 Å². The van der Waals surface area contributed by atoms with Gasteiger partial charge in [-0.25, -0.2) is 9.97 Å². The lowest BCUT2D eigenvalue weighted by atomic mass is 10.3. The first-order valence-corrected chi connectivity index (χ1v) is 9.26. The topological polar surface area (TPSA) is 80.1 Å². The molecule has 3 heterocycles. The Bertz CT molecular complexity index is 792.